The van der Waals surface area contributed by atoms with Crippen molar-refractivity contribution < 1.29 is 43.5 Å². The third-order valence-corrected chi connectivity index (χ3v) is 9.57. The van der Waals surface area contributed by atoms with Crippen molar-refractivity contribution in [2.75, 3.05) is 7.11 Å². The van der Waals surface area contributed by atoms with Crippen LogP contribution in [0, 0.1) is 29.6 Å². The van der Waals surface area contributed by atoms with Crippen LogP contribution in [-0.4, -0.2) is 77.4 Å². The third kappa shape index (κ3) is 4.98. The zero-order valence-corrected chi connectivity index (χ0v) is 24.4. The van der Waals surface area contributed by atoms with Gasteiger partial charge >= 0.3 is 11.9 Å². The van der Waals surface area contributed by atoms with Gasteiger partial charge in [-0.25, -0.2) is 9.59 Å². The van der Waals surface area contributed by atoms with Crippen LogP contribution in [0.3, 0.4) is 0 Å². The number of aliphatic hydroxyl groups is 2. The van der Waals surface area contributed by atoms with E-state index in [1.807, 2.05) is 39.0 Å². The molecule has 3 N–H and O–H groups in total. The van der Waals surface area contributed by atoms with Crippen molar-refractivity contribution in [2.24, 2.45) is 29.6 Å². The second-order valence-corrected chi connectivity index (χ2v) is 12.2. The van der Waals surface area contributed by atoms with Gasteiger partial charge in [-0.05, 0) is 38.3 Å². The van der Waals surface area contributed by atoms with Gasteiger partial charge in [-0.2, -0.15) is 0 Å². The summed E-state index contributed by atoms with van der Waals surface area (Å²) < 4.78 is 24.3. The molecule has 224 valence electrons. The predicted octanol–water partition coefficient (Wildman–Crippen LogP) is 2.11. The second-order valence-electron chi connectivity index (χ2n) is 12.2. The number of esters is 2. The SMILES string of the molecule is CO[C@H]1C[C@H]2C=CC3C4[C@H](O)[C@@H](C)[C@@H](OC(=O)C5=CC(NC(C)=O)=CC5)[C@@H]3O[C@]42/C(C)=C/[C@@H](C)[C@@H]([C@@H](C)O)OC1=O. The lowest BCUT2D eigenvalue weighted by molar-refractivity contribution is -0.173. The molecule has 5 rings (SSSR count). The third-order valence-electron chi connectivity index (χ3n) is 9.57. The van der Waals surface area contributed by atoms with Gasteiger partial charge in [0.25, 0.3) is 0 Å². The number of carbonyl (C=O) groups excluding carboxylic acids is 3. The number of aliphatic hydroxyl groups excluding tert-OH is 2. The van der Waals surface area contributed by atoms with E-state index < -0.39 is 60.1 Å². The normalized spacial score (nSPS) is 43.5. The molecule has 1 amide bonds. The van der Waals surface area contributed by atoms with E-state index in [0.717, 1.165) is 5.57 Å². The second kappa shape index (κ2) is 11.1. The van der Waals surface area contributed by atoms with E-state index in [2.05, 4.69) is 5.32 Å². The fraction of sp³-hybridized carbons (Fsp3) is 0.645. The van der Waals surface area contributed by atoms with Crippen LogP contribution in [0.1, 0.15) is 47.5 Å². The van der Waals surface area contributed by atoms with Crippen molar-refractivity contribution in [1.82, 2.24) is 5.32 Å². The Morgan fingerprint density at radius 3 is 2.63 bits per heavy atom. The Hall–Kier alpha value is -2.79. The number of hydrogen-bond acceptors (Lipinski definition) is 9. The van der Waals surface area contributed by atoms with Gasteiger partial charge in [0.15, 0.2) is 6.10 Å². The molecule has 12 atom stereocenters. The number of rotatable bonds is 5. The highest BCUT2D eigenvalue weighted by atomic mass is 16.6. The van der Waals surface area contributed by atoms with E-state index in [0.29, 0.717) is 17.7 Å². The van der Waals surface area contributed by atoms with Gasteiger partial charge < -0.3 is 34.5 Å². The van der Waals surface area contributed by atoms with Crippen LogP contribution in [-0.2, 0) is 33.3 Å². The highest BCUT2D eigenvalue weighted by Gasteiger charge is 2.69. The fourth-order valence-electron chi connectivity index (χ4n) is 7.66. The van der Waals surface area contributed by atoms with Gasteiger partial charge in [0.1, 0.15) is 23.9 Å². The fourth-order valence-corrected chi connectivity index (χ4v) is 7.66. The van der Waals surface area contributed by atoms with Crippen LogP contribution in [0.5, 0.6) is 0 Å². The molecule has 10 heteroatoms. The van der Waals surface area contributed by atoms with Crippen molar-refractivity contribution in [1.29, 1.82) is 0 Å². The lowest BCUT2D eigenvalue weighted by atomic mass is 9.57. The maximum Gasteiger partial charge on any atom is 0.335 e. The zero-order valence-electron chi connectivity index (χ0n) is 24.4. The Morgan fingerprint density at radius 2 is 1.98 bits per heavy atom. The molecule has 2 fully saturated rings. The molecule has 3 aliphatic carbocycles. The van der Waals surface area contributed by atoms with Crippen LogP contribution >= 0.6 is 0 Å². The molecule has 2 unspecified atom stereocenters. The Morgan fingerprint density at radius 1 is 1.24 bits per heavy atom. The van der Waals surface area contributed by atoms with Crippen molar-refractivity contribution in [2.45, 2.75) is 89.7 Å². The number of methoxy groups -OCH3 is 1. The van der Waals surface area contributed by atoms with Crippen molar-refractivity contribution in [3.8, 4) is 0 Å². The summed E-state index contributed by atoms with van der Waals surface area (Å²) in [5, 5.41) is 24.9. The van der Waals surface area contributed by atoms with Gasteiger partial charge in [0.05, 0.1) is 12.2 Å². The van der Waals surface area contributed by atoms with Gasteiger partial charge in [0.2, 0.25) is 5.91 Å². The van der Waals surface area contributed by atoms with Gasteiger partial charge in [-0.3, -0.25) is 4.79 Å². The topological polar surface area (TPSA) is 141 Å². The average Bonchev–Trinajstić information content (AvgIpc) is 3.44. The molecule has 5 aliphatic rings. The summed E-state index contributed by atoms with van der Waals surface area (Å²) in [6.45, 7) is 8.70. The summed E-state index contributed by atoms with van der Waals surface area (Å²) in [6, 6.07) is 0. The van der Waals surface area contributed by atoms with E-state index in [4.69, 9.17) is 18.9 Å². The number of hydrogen-bond donors (Lipinski definition) is 3. The first-order valence-electron chi connectivity index (χ1n) is 14.4. The van der Waals surface area contributed by atoms with Gasteiger partial charge in [-0.1, -0.05) is 38.2 Å². The molecule has 2 aliphatic heterocycles. The number of cyclic esters (lactones) is 1. The van der Waals surface area contributed by atoms with Crippen LogP contribution < -0.4 is 5.32 Å². The van der Waals surface area contributed by atoms with Gasteiger partial charge in [-0.15, -0.1) is 0 Å². The first-order valence-corrected chi connectivity index (χ1v) is 14.4. The molecule has 41 heavy (non-hydrogen) atoms. The summed E-state index contributed by atoms with van der Waals surface area (Å²) in [6.07, 6.45) is 5.27. The Kier molecular flexibility index (Phi) is 8.06. The van der Waals surface area contributed by atoms with Crippen LogP contribution in [0.25, 0.3) is 0 Å². The Labute approximate surface area is 240 Å². The molecule has 1 saturated carbocycles. The zero-order chi connectivity index (χ0) is 29.8. The summed E-state index contributed by atoms with van der Waals surface area (Å²) in [5.74, 6) is -2.94. The maximum absolute atomic E-state index is 13.3. The molecule has 10 nitrogen and oxygen atoms in total. The van der Waals surface area contributed by atoms with E-state index in [9.17, 15) is 24.6 Å². The first-order chi connectivity index (χ1) is 19.4. The van der Waals surface area contributed by atoms with E-state index in [-0.39, 0.29) is 36.0 Å². The van der Waals surface area contributed by atoms with Crippen LogP contribution in [0.2, 0.25) is 0 Å². The van der Waals surface area contributed by atoms with Crippen molar-refractivity contribution in [3.05, 3.63) is 47.2 Å². The number of nitrogens with one attached hydrogen (secondary N) is 1. The minimum absolute atomic E-state index is 0.219. The molecule has 0 aromatic heterocycles. The maximum atomic E-state index is 13.3. The highest BCUT2D eigenvalue weighted by Crippen LogP contribution is 2.61. The summed E-state index contributed by atoms with van der Waals surface area (Å²) >= 11 is 0. The predicted molar refractivity (Wildman–Crippen MR) is 147 cm³/mol. The van der Waals surface area contributed by atoms with Crippen LogP contribution in [0.4, 0.5) is 0 Å². The number of amides is 1. The van der Waals surface area contributed by atoms with E-state index in [1.165, 1.54) is 14.0 Å². The Balaban J connectivity index is 1.50. The minimum atomic E-state index is -0.975. The monoisotopic (exact) mass is 571 g/mol. The number of ether oxygens (including phenoxy) is 4. The smallest absolute Gasteiger partial charge is 0.335 e. The van der Waals surface area contributed by atoms with Crippen molar-refractivity contribution >= 4 is 17.8 Å². The van der Waals surface area contributed by atoms with Gasteiger partial charge in [0, 0.05) is 54.9 Å². The van der Waals surface area contributed by atoms with E-state index >= 15 is 0 Å². The Bertz CT molecular complexity index is 1220. The number of carbonyl (C=O) groups is 3. The molecular formula is C31H41NO9. The molecule has 0 radical (unpaired) electrons. The first kappa shape index (κ1) is 29.7. The lowest BCUT2D eigenvalue weighted by Crippen LogP contribution is -2.57. The molecule has 0 aromatic carbocycles. The van der Waals surface area contributed by atoms with E-state index in [1.54, 1.807) is 19.1 Å². The molecule has 0 aromatic rings. The highest BCUT2D eigenvalue weighted by molar-refractivity contribution is 5.91. The standard InChI is InChI=1S/C31H41NO9/c1-14-11-15(2)31-20(13-23(38-6)30(37)39-26(14)17(4)33)8-10-22-24(31)25(35)16(3)27(28(22)41-31)40-29(36)19-7-9-21(12-19)32-18(5)34/h8-12,14,16-17,20,22-28,33,35H,7,13H2,1-6H3,(H,32,34)/b15-11+/t14-,16-,17-,20-,22?,23+,24?,25-,26+,27-,28-,31+/m1/s1. The van der Waals surface area contributed by atoms with Crippen molar-refractivity contribution in [3.63, 3.8) is 0 Å². The summed E-state index contributed by atoms with van der Waals surface area (Å²) in [7, 11) is 1.45. The molecule has 1 spiro atoms. The average molecular weight is 572 g/mol. The largest absolute Gasteiger partial charge is 0.457 e. The molecule has 2 heterocycles. The lowest BCUT2D eigenvalue weighted by Gasteiger charge is -2.48. The molecule has 4 bridgehead atoms. The molecular weight excluding hydrogens is 530 g/mol. The summed E-state index contributed by atoms with van der Waals surface area (Å²) in [4.78, 5) is 37.8. The molecule has 1 saturated heterocycles. The quantitative estimate of drug-likeness (QED) is 0.334. The number of allylic oxidation sites excluding steroid dienone is 2. The van der Waals surface area contributed by atoms with Crippen LogP contribution in [0.15, 0.2) is 47.2 Å². The summed E-state index contributed by atoms with van der Waals surface area (Å²) in [5.41, 5.74) is 0.866. The minimum Gasteiger partial charge on any atom is -0.457 e.